The summed E-state index contributed by atoms with van der Waals surface area (Å²) in [6, 6.07) is 8.31. The smallest absolute Gasteiger partial charge is 0.157 e. The van der Waals surface area contributed by atoms with Gasteiger partial charge in [0.1, 0.15) is 5.82 Å². The Bertz CT molecular complexity index is 813. The lowest BCUT2D eigenvalue weighted by molar-refractivity contribution is -0.126. The van der Waals surface area contributed by atoms with Gasteiger partial charge in [-0.15, -0.1) is 0 Å². The van der Waals surface area contributed by atoms with Crippen LogP contribution in [0.4, 0.5) is 4.39 Å². The molecule has 2 aliphatic rings. The van der Waals surface area contributed by atoms with Crippen LogP contribution in [0, 0.1) is 11.7 Å². The summed E-state index contributed by atoms with van der Waals surface area (Å²) in [5, 5.41) is 4.35. The summed E-state index contributed by atoms with van der Waals surface area (Å²) in [5.41, 5.74) is 2.88. The van der Waals surface area contributed by atoms with Crippen LogP contribution in [0.2, 0.25) is 0 Å². The number of rotatable bonds is 5. The maximum atomic E-state index is 14.5. The van der Waals surface area contributed by atoms with Crippen molar-refractivity contribution in [1.29, 1.82) is 0 Å². The molecule has 1 aliphatic heterocycles. The molecule has 0 N–H and O–H groups in total. The molecule has 0 bridgehead atoms. The van der Waals surface area contributed by atoms with E-state index in [0.717, 1.165) is 25.8 Å². The predicted octanol–water partition coefficient (Wildman–Crippen LogP) is 5.00. The van der Waals surface area contributed by atoms with Crippen molar-refractivity contribution >= 4 is 35.8 Å². The lowest BCUT2D eigenvalue weighted by atomic mass is 9.93. The van der Waals surface area contributed by atoms with Crippen LogP contribution >= 0.6 is 24.0 Å². The summed E-state index contributed by atoms with van der Waals surface area (Å²) in [6.07, 6.45) is 4.90. The van der Waals surface area contributed by atoms with E-state index in [4.69, 9.17) is 12.6 Å². The third-order valence-corrected chi connectivity index (χ3v) is 6.50. The van der Waals surface area contributed by atoms with Crippen LogP contribution in [-0.4, -0.2) is 29.0 Å². The number of Topliss-reactive ketones (excluding diaryl/α,β-unsaturated/α-hetero) is 1. The molecule has 26 heavy (non-hydrogen) atoms. The van der Waals surface area contributed by atoms with Crippen LogP contribution in [0.25, 0.3) is 6.08 Å². The summed E-state index contributed by atoms with van der Waals surface area (Å²) < 4.78 is 14.5. The molecule has 2 nitrogen and oxygen atoms in total. The van der Waals surface area contributed by atoms with Crippen LogP contribution in [0.15, 0.2) is 46.7 Å². The van der Waals surface area contributed by atoms with Gasteiger partial charge in [-0.2, -0.15) is 24.0 Å². The van der Waals surface area contributed by atoms with Gasteiger partial charge in [0, 0.05) is 29.8 Å². The largest absolute Gasteiger partial charge is 0.297 e. The molecular weight excluding hydrogens is 365 g/mol. The van der Waals surface area contributed by atoms with Gasteiger partial charge < -0.3 is 0 Å². The highest BCUT2D eigenvalue weighted by molar-refractivity contribution is 7.81. The minimum Gasteiger partial charge on any atom is -0.297 e. The maximum absolute atomic E-state index is 14.5. The van der Waals surface area contributed by atoms with Gasteiger partial charge in [0.25, 0.3) is 0 Å². The topological polar surface area (TPSA) is 20.3 Å². The van der Waals surface area contributed by atoms with E-state index in [1.807, 2.05) is 6.07 Å². The fourth-order valence-corrected chi connectivity index (χ4v) is 4.53. The summed E-state index contributed by atoms with van der Waals surface area (Å²) in [5.74, 6) is -0.0249. The van der Waals surface area contributed by atoms with Crippen molar-refractivity contribution in [2.24, 2.45) is 5.92 Å². The molecule has 2 atom stereocenters. The molecule has 1 aliphatic carbocycles. The molecule has 1 saturated heterocycles. The van der Waals surface area contributed by atoms with Gasteiger partial charge in [-0.3, -0.25) is 9.69 Å². The van der Waals surface area contributed by atoms with Gasteiger partial charge in [-0.05, 0) is 53.3 Å². The van der Waals surface area contributed by atoms with E-state index in [1.165, 1.54) is 17.2 Å². The number of likely N-dealkylation sites (tertiary alicyclic amines) is 1. The van der Waals surface area contributed by atoms with Gasteiger partial charge in [0.15, 0.2) is 5.78 Å². The first-order valence-electron chi connectivity index (χ1n) is 9.06. The Morgan fingerprint density at radius 2 is 2.08 bits per heavy atom. The van der Waals surface area contributed by atoms with Crippen LogP contribution in [0.1, 0.15) is 36.4 Å². The Hall–Kier alpha value is -1.43. The number of benzene rings is 1. The fourth-order valence-electron chi connectivity index (χ4n) is 3.64. The van der Waals surface area contributed by atoms with Gasteiger partial charge in [-0.1, -0.05) is 24.3 Å². The van der Waals surface area contributed by atoms with E-state index in [1.54, 1.807) is 23.5 Å². The third kappa shape index (κ3) is 3.80. The molecule has 2 fully saturated rings. The Balaban J connectivity index is 1.65. The standard InChI is InChI=1S/C21H22FNOS2/c22-18-4-2-1-3-17(18)20(21(24)15-5-6-15)23-9-7-19(25)16(12-23)11-14-8-10-26-13-14/h1-4,8,10-11,13,15,19-20,25H,5-7,9,12H2. The average Bonchev–Trinajstić information content (AvgIpc) is 3.37. The lowest BCUT2D eigenvalue weighted by Gasteiger charge is -2.37. The number of nitrogens with zero attached hydrogens (tertiary/aromatic N) is 1. The molecule has 1 saturated carbocycles. The number of piperidine rings is 1. The van der Waals surface area contributed by atoms with E-state index in [2.05, 4.69) is 27.8 Å². The zero-order chi connectivity index (χ0) is 18.1. The molecule has 2 unspecified atom stereocenters. The first-order valence-corrected chi connectivity index (χ1v) is 10.5. The zero-order valence-electron chi connectivity index (χ0n) is 14.5. The van der Waals surface area contributed by atoms with Gasteiger partial charge in [-0.25, -0.2) is 4.39 Å². The van der Waals surface area contributed by atoms with Crippen molar-refractivity contribution in [2.75, 3.05) is 13.1 Å². The molecule has 2 aromatic rings. The van der Waals surface area contributed by atoms with Crippen molar-refractivity contribution in [1.82, 2.24) is 4.90 Å². The number of hydrogen-bond donors (Lipinski definition) is 1. The molecule has 0 spiro atoms. The van der Waals surface area contributed by atoms with E-state index in [0.29, 0.717) is 12.1 Å². The summed E-state index contributed by atoms with van der Waals surface area (Å²) in [7, 11) is 0. The van der Waals surface area contributed by atoms with Crippen molar-refractivity contribution < 1.29 is 9.18 Å². The first-order chi connectivity index (χ1) is 12.6. The van der Waals surface area contributed by atoms with Crippen LogP contribution in [-0.2, 0) is 4.79 Å². The van der Waals surface area contributed by atoms with E-state index >= 15 is 0 Å². The first kappa shape index (κ1) is 18.0. The van der Waals surface area contributed by atoms with Crippen LogP contribution in [0.3, 0.4) is 0 Å². The Morgan fingerprint density at radius 3 is 2.77 bits per heavy atom. The number of hydrogen-bond acceptors (Lipinski definition) is 4. The highest BCUT2D eigenvalue weighted by Gasteiger charge is 2.40. The van der Waals surface area contributed by atoms with Crippen molar-refractivity contribution in [3.8, 4) is 0 Å². The average molecular weight is 388 g/mol. The number of ketones is 1. The van der Waals surface area contributed by atoms with Crippen LogP contribution < -0.4 is 0 Å². The second kappa shape index (κ2) is 7.67. The Kier molecular flexibility index (Phi) is 5.30. The third-order valence-electron chi connectivity index (χ3n) is 5.21. The van der Waals surface area contributed by atoms with Gasteiger partial charge in [0.05, 0.1) is 6.04 Å². The quantitative estimate of drug-likeness (QED) is 0.729. The molecule has 0 radical (unpaired) electrons. The molecule has 1 aromatic heterocycles. The minimum absolute atomic E-state index is 0.0950. The van der Waals surface area contributed by atoms with Crippen LogP contribution in [0.5, 0.6) is 0 Å². The highest BCUT2D eigenvalue weighted by atomic mass is 32.1. The van der Waals surface area contributed by atoms with Crippen molar-refractivity contribution in [2.45, 2.75) is 30.6 Å². The maximum Gasteiger partial charge on any atom is 0.157 e. The number of carbonyl (C=O) groups is 1. The number of halogens is 1. The molecule has 5 heteroatoms. The Labute approximate surface area is 163 Å². The van der Waals surface area contributed by atoms with Gasteiger partial charge >= 0.3 is 0 Å². The van der Waals surface area contributed by atoms with E-state index < -0.39 is 6.04 Å². The Morgan fingerprint density at radius 1 is 1.27 bits per heavy atom. The summed E-state index contributed by atoms with van der Waals surface area (Å²) in [6.45, 7) is 1.41. The second-order valence-corrected chi connectivity index (χ2v) is 8.55. The lowest BCUT2D eigenvalue weighted by Crippen LogP contribution is -2.42. The van der Waals surface area contributed by atoms with Crippen molar-refractivity contribution in [3.63, 3.8) is 0 Å². The summed E-state index contributed by atoms with van der Waals surface area (Å²) in [4.78, 5) is 15.2. The van der Waals surface area contributed by atoms with Gasteiger partial charge in [0.2, 0.25) is 0 Å². The van der Waals surface area contributed by atoms with E-state index in [9.17, 15) is 9.18 Å². The number of thiophene rings is 1. The monoisotopic (exact) mass is 387 g/mol. The second-order valence-electron chi connectivity index (χ2n) is 7.15. The zero-order valence-corrected chi connectivity index (χ0v) is 16.2. The normalized spacial score (nSPS) is 23.9. The molecule has 136 valence electrons. The highest BCUT2D eigenvalue weighted by Crippen LogP contribution is 2.39. The number of thiol groups is 1. The molecule has 0 amide bonds. The molecule has 1 aromatic carbocycles. The number of carbonyl (C=O) groups excluding carboxylic acids is 1. The predicted molar refractivity (Wildman–Crippen MR) is 108 cm³/mol. The minimum atomic E-state index is -0.490. The fraction of sp³-hybridized carbons (Fsp3) is 0.381. The molecule has 4 rings (SSSR count). The summed E-state index contributed by atoms with van der Waals surface area (Å²) >= 11 is 6.40. The molecular formula is C21H22FNOS2. The SMILES string of the molecule is O=C(C1CC1)C(c1ccccc1F)N1CCC(S)C(=Cc2ccsc2)C1. The van der Waals surface area contributed by atoms with Crippen molar-refractivity contribution in [3.05, 3.63) is 63.6 Å². The van der Waals surface area contributed by atoms with E-state index in [-0.39, 0.29) is 22.8 Å². The molecule has 2 heterocycles.